The second-order valence-corrected chi connectivity index (χ2v) is 9.97. The third kappa shape index (κ3) is 4.89. The van der Waals surface area contributed by atoms with Crippen molar-refractivity contribution in [1.82, 2.24) is 14.9 Å². The van der Waals surface area contributed by atoms with Gasteiger partial charge in [-0.05, 0) is 86.2 Å². The molecule has 3 N–H and O–H groups in total. The molecule has 2 aromatic heterocycles. The van der Waals surface area contributed by atoms with Crippen molar-refractivity contribution in [3.63, 3.8) is 0 Å². The van der Waals surface area contributed by atoms with E-state index in [2.05, 4.69) is 21.7 Å². The maximum atomic E-state index is 11.9. The van der Waals surface area contributed by atoms with Crippen molar-refractivity contribution in [3.05, 3.63) is 101 Å². The molecule has 9 nitrogen and oxygen atoms in total. The number of hydrogen-bond donors (Lipinski definition) is 3. The number of ether oxygens (including phenoxy) is 1. The third-order valence-corrected chi connectivity index (χ3v) is 7.32. The fourth-order valence-corrected chi connectivity index (χ4v) is 5.69. The molecule has 3 heterocycles. The summed E-state index contributed by atoms with van der Waals surface area (Å²) in [6.07, 6.45) is 1.75. The molecule has 0 radical (unpaired) electrons. The Labute approximate surface area is 237 Å². The standard InChI is InChI=1S/C30H29N5O4S/c1-17-14-23(18(2)34(17)21-9-7-8-20(15-21)29(37)38)28-27(24-10-5-6-13-31-24)33-30(40)35(28)22-11-12-26(39-4)25(16-22)32-19(3)36/h5-16,27-28H,1-4H3,(H,32,36)(H,33,40)(H,37,38)/t27-,28+/m0/s1. The molecule has 1 amide bonds. The van der Waals surface area contributed by atoms with E-state index < -0.39 is 5.97 Å². The monoisotopic (exact) mass is 555 g/mol. The number of pyridine rings is 1. The van der Waals surface area contributed by atoms with Crippen molar-refractivity contribution in [1.29, 1.82) is 0 Å². The number of benzene rings is 2. The number of aryl methyl sites for hydroxylation is 1. The number of nitrogens with zero attached hydrogens (tertiary/aromatic N) is 3. The molecule has 0 saturated carbocycles. The number of amides is 1. The third-order valence-electron chi connectivity index (χ3n) is 7.01. The van der Waals surface area contributed by atoms with Crippen molar-refractivity contribution < 1.29 is 19.4 Å². The van der Waals surface area contributed by atoms with Crippen molar-refractivity contribution in [2.24, 2.45) is 0 Å². The maximum Gasteiger partial charge on any atom is 0.335 e. The molecule has 2 aromatic carbocycles. The van der Waals surface area contributed by atoms with Crippen molar-refractivity contribution in [3.8, 4) is 11.4 Å². The van der Waals surface area contributed by atoms with Crippen LogP contribution in [0.25, 0.3) is 5.69 Å². The van der Waals surface area contributed by atoms with E-state index in [1.165, 1.54) is 6.92 Å². The van der Waals surface area contributed by atoms with Crippen LogP contribution in [0.15, 0.2) is 72.9 Å². The number of rotatable bonds is 7. The number of nitrogens with one attached hydrogen (secondary N) is 2. The zero-order chi connectivity index (χ0) is 28.6. The van der Waals surface area contributed by atoms with Gasteiger partial charge in [0, 0.05) is 35.9 Å². The minimum absolute atomic E-state index is 0.215. The summed E-state index contributed by atoms with van der Waals surface area (Å²) in [5.74, 6) is -0.662. The van der Waals surface area contributed by atoms with Crippen LogP contribution in [0.2, 0.25) is 0 Å². The number of hydrogen-bond acceptors (Lipinski definition) is 5. The highest BCUT2D eigenvalue weighted by atomic mass is 32.1. The number of aromatic nitrogens is 2. The molecular weight excluding hydrogens is 526 g/mol. The number of methoxy groups -OCH3 is 1. The number of carbonyl (C=O) groups excluding carboxylic acids is 1. The van der Waals surface area contributed by atoms with E-state index in [1.54, 1.807) is 37.6 Å². The van der Waals surface area contributed by atoms with Crippen LogP contribution >= 0.6 is 12.2 Å². The van der Waals surface area contributed by atoms with Gasteiger partial charge in [0.25, 0.3) is 0 Å². The summed E-state index contributed by atoms with van der Waals surface area (Å²) in [7, 11) is 1.55. The molecule has 1 aliphatic rings. The Hall–Kier alpha value is -4.70. The molecule has 4 aromatic rings. The molecule has 0 spiro atoms. The van der Waals surface area contributed by atoms with Crippen LogP contribution < -0.4 is 20.3 Å². The predicted molar refractivity (Wildman–Crippen MR) is 157 cm³/mol. The summed E-state index contributed by atoms with van der Waals surface area (Å²) in [6.45, 7) is 5.46. The van der Waals surface area contributed by atoms with Gasteiger partial charge in [0.15, 0.2) is 5.11 Å². The van der Waals surface area contributed by atoms with E-state index in [-0.39, 0.29) is 23.6 Å². The number of aromatic carboxylic acids is 1. The second-order valence-electron chi connectivity index (χ2n) is 9.58. The number of anilines is 2. The van der Waals surface area contributed by atoms with Crippen LogP contribution in [0.1, 0.15) is 52.0 Å². The minimum atomic E-state index is -0.981. The van der Waals surface area contributed by atoms with Crippen LogP contribution in [0, 0.1) is 13.8 Å². The molecule has 0 unspecified atom stereocenters. The first kappa shape index (κ1) is 26.9. The summed E-state index contributed by atoms with van der Waals surface area (Å²) in [5.41, 5.74) is 5.98. The first-order valence-corrected chi connectivity index (χ1v) is 13.1. The number of thiocarbonyl (C=S) groups is 1. The number of carboxylic acid groups (broad SMARTS) is 1. The average molecular weight is 556 g/mol. The van der Waals surface area contributed by atoms with Gasteiger partial charge in [-0.2, -0.15) is 0 Å². The Morgan fingerprint density at radius 3 is 2.52 bits per heavy atom. The number of carboxylic acids is 1. The van der Waals surface area contributed by atoms with Crippen LogP contribution in [0.3, 0.4) is 0 Å². The zero-order valence-corrected chi connectivity index (χ0v) is 23.3. The van der Waals surface area contributed by atoms with Crippen molar-refractivity contribution in [2.75, 3.05) is 17.3 Å². The molecule has 1 fully saturated rings. The lowest BCUT2D eigenvalue weighted by Crippen LogP contribution is -2.29. The van der Waals surface area contributed by atoms with Crippen molar-refractivity contribution in [2.45, 2.75) is 32.9 Å². The molecule has 0 bridgehead atoms. The van der Waals surface area contributed by atoms with E-state index in [0.717, 1.165) is 34.0 Å². The van der Waals surface area contributed by atoms with E-state index in [0.29, 0.717) is 16.5 Å². The van der Waals surface area contributed by atoms with Gasteiger partial charge >= 0.3 is 5.97 Å². The molecule has 204 valence electrons. The van der Waals surface area contributed by atoms with E-state index in [9.17, 15) is 14.7 Å². The Balaban J connectivity index is 1.68. The highest BCUT2D eigenvalue weighted by Gasteiger charge is 2.42. The normalized spacial score (nSPS) is 16.5. The van der Waals surface area contributed by atoms with Gasteiger partial charge in [-0.3, -0.25) is 9.78 Å². The summed E-state index contributed by atoms with van der Waals surface area (Å²) in [4.78, 5) is 30.2. The molecule has 2 atom stereocenters. The first-order chi connectivity index (χ1) is 19.2. The van der Waals surface area contributed by atoms with E-state index in [1.807, 2.05) is 59.7 Å². The van der Waals surface area contributed by atoms with Gasteiger partial charge in [0.1, 0.15) is 5.75 Å². The quantitative estimate of drug-likeness (QED) is 0.263. The van der Waals surface area contributed by atoms with Gasteiger partial charge in [-0.1, -0.05) is 12.1 Å². The molecule has 40 heavy (non-hydrogen) atoms. The maximum absolute atomic E-state index is 11.9. The average Bonchev–Trinajstić information content (AvgIpc) is 3.43. The van der Waals surface area contributed by atoms with Crippen LogP contribution in [0.4, 0.5) is 11.4 Å². The van der Waals surface area contributed by atoms with Crippen LogP contribution in [-0.2, 0) is 4.79 Å². The van der Waals surface area contributed by atoms with Gasteiger partial charge < -0.3 is 29.9 Å². The highest BCUT2D eigenvalue weighted by Crippen LogP contribution is 2.45. The summed E-state index contributed by atoms with van der Waals surface area (Å²) in [5, 5.41) is 16.4. The molecule has 10 heteroatoms. The largest absolute Gasteiger partial charge is 0.495 e. The summed E-state index contributed by atoms with van der Waals surface area (Å²) < 4.78 is 7.52. The lowest BCUT2D eigenvalue weighted by Gasteiger charge is -2.29. The van der Waals surface area contributed by atoms with E-state index >= 15 is 0 Å². The SMILES string of the molecule is COc1ccc(N2C(=S)N[C@@H](c3ccccn3)[C@H]2c2cc(C)n(-c3cccc(C(=O)O)c3)c2C)cc1NC(C)=O. The van der Waals surface area contributed by atoms with Crippen LogP contribution in [0.5, 0.6) is 5.75 Å². The van der Waals surface area contributed by atoms with Gasteiger partial charge in [-0.15, -0.1) is 0 Å². The molecule has 5 rings (SSSR count). The smallest absolute Gasteiger partial charge is 0.335 e. The minimum Gasteiger partial charge on any atom is -0.495 e. The van der Waals surface area contributed by atoms with Gasteiger partial charge in [-0.25, -0.2) is 4.79 Å². The fourth-order valence-electron chi connectivity index (χ4n) is 5.34. The van der Waals surface area contributed by atoms with Gasteiger partial charge in [0.05, 0.1) is 36.1 Å². The molecule has 1 aliphatic heterocycles. The summed E-state index contributed by atoms with van der Waals surface area (Å²) in [6, 6.07) is 19.7. The highest BCUT2D eigenvalue weighted by molar-refractivity contribution is 7.80. The second kappa shape index (κ2) is 10.8. The Kier molecular flexibility index (Phi) is 7.27. The first-order valence-electron chi connectivity index (χ1n) is 12.7. The number of carbonyl (C=O) groups is 2. The topological polar surface area (TPSA) is 109 Å². The summed E-state index contributed by atoms with van der Waals surface area (Å²) >= 11 is 5.89. The van der Waals surface area contributed by atoms with Crippen molar-refractivity contribution >= 4 is 40.6 Å². The fraction of sp³-hybridized carbons (Fsp3) is 0.200. The predicted octanol–water partition coefficient (Wildman–Crippen LogP) is 5.33. The lowest BCUT2D eigenvalue weighted by molar-refractivity contribution is -0.114. The van der Waals surface area contributed by atoms with Gasteiger partial charge in [0.2, 0.25) is 5.91 Å². The zero-order valence-electron chi connectivity index (χ0n) is 22.5. The Morgan fingerprint density at radius 2 is 1.85 bits per heavy atom. The lowest BCUT2D eigenvalue weighted by atomic mass is 9.96. The Bertz CT molecular complexity index is 1620. The van der Waals surface area contributed by atoms with E-state index in [4.69, 9.17) is 17.0 Å². The molecule has 0 aliphatic carbocycles. The Morgan fingerprint density at radius 1 is 1.05 bits per heavy atom. The molecular formula is C30H29N5O4S. The van der Waals surface area contributed by atoms with Crippen LogP contribution in [-0.4, -0.2) is 38.8 Å². The molecule has 1 saturated heterocycles.